The summed E-state index contributed by atoms with van der Waals surface area (Å²) in [6.45, 7) is 1.04. The van der Waals surface area contributed by atoms with Crippen LogP contribution in [-0.2, 0) is 4.79 Å². The molecule has 1 fully saturated rings. The summed E-state index contributed by atoms with van der Waals surface area (Å²) in [6.07, 6.45) is 0.566. The molecule has 1 aromatic heterocycles. The highest BCUT2D eigenvalue weighted by atomic mass is 19.3. The largest absolute Gasteiger partial charge is 0.346 e. The summed E-state index contributed by atoms with van der Waals surface area (Å²) in [5.41, 5.74) is 2.29. The fourth-order valence-corrected chi connectivity index (χ4v) is 2.50. The Labute approximate surface area is 149 Å². The Morgan fingerprint density at radius 3 is 2.65 bits per heavy atom. The Hall–Kier alpha value is -2.90. The van der Waals surface area contributed by atoms with Crippen molar-refractivity contribution in [2.45, 2.75) is 26.2 Å². The Morgan fingerprint density at radius 1 is 1.23 bits per heavy atom. The first kappa shape index (κ1) is 17.9. The van der Waals surface area contributed by atoms with Crippen molar-refractivity contribution in [3.8, 4) is 11.3 Å². The predicted octanol–water partition coefficient (Wildman–Crippen LogP) is 2.80. The van der Waals surface area contributed by atoms with Gasteiger partial charge in [-0.3, -0.25) is 9.59 Å². The molecule has 1 aliphatic rings. The molecule has 1 aromatic carbocycles. The number of aryl methyl sites for hydroxylation is 1. The summed E-state index contributed by atoms with van der Waals surface area (Å²) >= 11 is 0. The van der Waals surface area contributed by atoms with E-state index in [1.807, 2.05) is 0 Å². The third-order valence-corrected chi connectivity index (χ3v) is 4.05. The third kappa shape index (κ3) is 4.38. The average Bonchev–Trinajstić information content (AvgIpc) is 3.45. The molecule has 0 spiro atoms. The number of nitrogens with one attached hydrogen (secondary N) is 2. The summed E-state index contributed by atoms with van der Waals surface area (Å²) in [7, 11) is 0. The van der Waals surface area contributed by atoms with Gasteiger partial charge in [-0.2, -0.15) is 0 Å². The van der Waals surface area contributed by atoms with E-state index in [2.05, 4.69) is 20.6 Å². The number of aromatic nitrogens is 2. The third-order valence-electron chi connectivity index (χ3n) is 4.05. The Morgan fingerprint density at radius 2 is 2.00 bits per heavy atom. The van der Waals surface area contributed by atoms with Crippen molar-refractivity contribution in [1.82, 2.24) is 15.3 Å². The summed E-state index contributed by atoms with van der Waals surface area (Å²) in [5.74, 6) is -0.101. The fourth-order valence-electron chi connectivity index (χ4n) is 2.50. The minimum atomic E-state index is -2.59. The molecule has 26 heavy (non-hydrogen) atoms. The van der Waals surface area contributed by atoms with Crippen molar-refractivity contribution >= 4 is 17.6 Å². The van der Waals surface area contributed by atoms with Gasteiger partial charge in [-0.25, -0.2) is 18.7 Å². The summed E-state index contributed by atoms with van der Waals surface area (Å²) < 4.78 is 24.4. The normalized spacial score (nSPS) is 13.5. The molecule has 136 valence electrons. The van der Waals surface area contributed by atoms with Crippen molar-refractivity contribution in [2.75, 3.05) is 11.9 Å². The van der Waals surface area contributed by atoms with Crippen LogP contribution < -0.4 is 10.6 Å². The van der Waals surface area contributed by atoms with Gasteiger partial charge in [0.25, 0.3) is 12.3 Å². The lowest BCUT2D eigenvalue weighted by molar-refractivity contribution is -0.117. The van der Waals surface area contributed by atoms with Crippen LogP contribution in [0.2, 0.25) is 0 Å². The lowest BCUT2D eigenvalue weighted by atomic mass is 10.0. The lowest BCUT2D eigenvalue weighted by Crippen LogP contribution is -2.28. The second-order valence-electron chi connectivity index (χ2n) is 6.18. The highest BCUT2D eigenvalue weighted by Crippen LogP contribution is 2.30. The lowest BCUT2D eigenvalue weighted by Gasteiger charge is -2.10. The minimum absolute atomic E-state index is 0.0446. The molecule has 2 aromatic rings. The number of hydrogen-bond donors (Lipinski definition) is 2. The van der Waals surface area contributed by atoms with E-state index < -0.39 is 18.9 Å². The van der Waals surface area contributed by atoms with Crippen LogP contribution in [0.5, 0.6) is 0 Å². The van der Waals surface area contributed by atoms with Crippen molar-refractivity contribution in [3.63, 3.8) is 0 Å². The molecule has 1 aliphatic carbocycles. The van der Waals surface area contributed by atoms with E-state index in [4.69, 9.17) is 0 Å². The number of anilines is 1. The van der Waals surface area contributed by atoms with Crippen LogP contribution >= 0.6 is 0 Å². The molecular weight excluding hydrogens is 342 g/mol. The van der Waals surface area contributed by atoms with E-state index in [-0.39, 0.29) is 11.8 Å². The van der Waals surface area contributed by atoms with Crippen LogP contribution in [-0.4, -0.2) is 34.8 Å². The van der Waals surface area contributed by atoms with Crippen molar-refractivity contribution in [1.29, 1.82) is 0 Å². The Kier molecular flexibility index (Phi) is 5.20. The molecule has 2 N–H and O–H groups in total. The molecule has 0 radical (unpaired) electrons. The summed E-state index contributed by atoms with van der Waals surface area (Å²) in [4.78, 5) is 32.0. The predicted molar refractivity (Wildman–Crippen MR) is 91.9 cm³/mol. The maximum Gasteiger partial charge on any atom is 0.255 e. The SMILES string of the molecule is Cc1cc(-c2cc(NC(=O)C3CC3)ncn2)ccc1C(=O)NCC(F)F. The van der Waals surface area contributed by atoms with Gasteiger partial charge in [-0.05, 0) is 37.5 Å². The van der Waals surface area contributed by atoms with E-state index >= 15 is 0 Å². The molecule has 1 saturated carbocycles. The maximum atomic E-state index is 12.2. The van der Waals surface area contributed by atoms with Gasteiger partial charge in [-0.15, -0.1) is 0 Å². The van der Waals surface area contributed by atoms with Crippen molar-refractivity contribution in [3.05, 3.63) is 41.7 Å². The van der Waals surface area contributed by atoms with E-state index in [1.165, 1.54) is 6.33 Å². The van der Waals surface area contributed by atoms with Crippen molar-refractivity contribution < 1.29 is 18.4 Å². The highest BCUT2D eigenvalue weighted by molar-refractivity contribution is 5.96. The topological polar surface area (TPSA) is 84.0 Å². The van der Waals surface area contributed by atoms with E-state index in [0.29, 0.717) is 22.6 Å². The standard InChI is InChI=1S/C18H18F2N4O2/c1-10-6-12(4-5-13(10)18(26)21-8-15(19)20)14-7-16(23-9-22-14)24-17(25)11-2-3-11/h4-7,9,11,15H,2-3,8H2,1H3,(H,21,26)(H,22,23,24,25). The second-order valence-corrected chi connectivity index (χ2v) is 6.18. The number of halogens is 2. The van der Waals surface area contributed by atoms with Gasteiger partial charge in [0.15, 0.2) is 0 Å². The molecule has 0 saturated heterocycles. The first-order valence-corrected chi connectivity index (χ1v) is 8.24. The first-order chi connectivity index (χ1) is 12.4. The van der Waals surface area contributed by atoms with E-state index in [1.54, 1.807) is 31.2 Å². The maximum absolute atomic E-state index is 12.2. The van der Waals surface area contributed by atoms with Gasteiger partial charge in [0.2, 0.25) is 5.91 Å². The number of rotatable bonds is 6. The zero-order chi connectivity index (χ0) is 18.7. The smallest absolute Gasteiger partial charge is 0.255 e. The highest BCUT2D eigenvalue weighted by Gasteiger charge is 2.29. The number of alkyl halides is 2. The number of amides is 2. The number of benzene rings is 1. The van der Waals surface area contributed by atoms with Crippen LogP contribution in [0.25, 0.3) is 11.3 Å². The van der Waals surface area contributed by atoms with Crippen LogP contribution in [0.1, 0.15) is 28.8 Å². The monoisotopic (exact) mass is 360 g/mol. The minimum Gasteiger partial charge on any atom is -0.346 e. The molecule has 2 amide bonds. The van der Waals surface area contributed by atoms with Crippen LogP contribution in [0.4, 0.5) is 14.6 Å². The van der Waals surface area contributed by atoms with Crippen LogP contribution in [0, 0.1) is 12.8 Å². The molecule has 0 aliphatic heterocycles. The quantitative estimate of drug-likeness (QED) is 0.830. The molecule has 0 atom stereocenters. The average molecular weight is 360 g/mol. The second kappa shape index (κ2) is 7.55. The van der Waals surface area contributed by atoms with Gasteiger partial charge >= 0.3 is 0 Å². The number of carbonyl (C=O) groups is 2. The summed E-state index contributed by atoms with van der Waals surface area (Å²) in [5, 5.41) is 4.94. The van der Waals surface area contributed by atoms with Crippen molar-refractivity contribution in [2.24, 2.45) is 5.92 Å². The summed E-state index contributed by atoms with van der Waals surface area (Å²) in [6, 6.07) is 6.65. The van der Waals surface area contributed by atoms with Gasteiger partial charge in [0.05, 0.1) is 12.2 Å². The Balaban J connectivity index is 1.76. The van der Waals surface area contributed by atoms with Crippen LogP contribution in [0.3, 0.4) is 0 Å². The number of hydrogen-bond acceptors (Lipinski definition) is 4. The molecule has 3 rings (SSSR count). The van der Waals surface area contributed by atoms with Gasteiger partial charge in [0, 0.05) is 23.1 Å². The molecule has 6 nitrogen and oxygen atoms in total. The van der Waals surface area contributed by atoms with E-state index in [9.17, 15) is 18.4 Å². The molecule has 1 heterocycles. The van der Waals surface area contributed by atoms with Gasteiger partial charge in [0.1, 0.15) is 12.1 Å². The number of carbonyl (C=O) groups excluding carboxylic acids is 2. The van der Waals surface area contributed by atoms with E-state index in [0.717, 1.165) is 18.4 Å². The number of nitrogens with zero attached hydrogens (tertiary/aromatic N) is 2. The molecular formula is C18H18F2N4O2. The molecule has 0 unspecified atom stereocenters. The molecule has 0 bridgehead atoms. The Bertz CT molecular complexity index is 838. The van der Waals surface area contributed by atoms with Gasteiger partial charge in [-0.1, -0.05) is 6.07 Å². The van der Waals surface area contributed by atoms with Crippen LogP contribution in [0.15, 0.2) is 30.6 Å². The zero-order valence-corrected chi connectivity index (χ0v) is 14.1. The van der Waals surface area contributed by atoms with Gasteiger partial charge < -0.3 is 10.6 Å². The first-order valence-electron chi connectivity index (χ1n) is 8.24. The zero-order valence-electron chi connectivity index (χ0n) is 14.1. The fraction of sp³-hybridized carbons (Fsp3) is 0.333. The molecule has 8 heteroatoms.